The standard InChI is InChI=1S/C16H25N3O/c1-6-15-17-7-8-19(15)11-13-9-14(20-12(13)2)10-18-16(3,4)5/h7-9,18H,6,10-11H2,1-5H3. The molecular weight excluding hydrogens is 250 g/mol. The number of hydrogen-bond acceptors (Lipinski definition) is 3. The van der Waals surface area contributed by atoms with Crippen LogP contribution in [0.25, 0.3) is 0 Å². The predicted molar refractivity (Wildman–Crippen MR) is 80.7 cm³/mol. The molecule has 0 saturated carbocycles. The Morgan fingerprint density at radius 2 is 2.10 bits per heavy atom. The van der Waals surface area contributed by atoms with Crippen LogP contribution in [-0.2, 0) is 19.5 Å². The summed E-state index contributed by atoms with van der Waals surface area (Å²) in [6.45, 7) is 12.2. The van der Waals surface area contributed by atoms with Crippen LogP contribution < -0.4 is 5.32 Å². The Morgan fingerprint density at radius 3 is 2.75 bits per heavy atom. The van der Waals surface area contributed by atoms with Gasteiger partial charge in [0.15, 0.2) is 0 Å². The van der Waals surface area contributed by atoms with Crippen LogP contribution in [0.1, 0.15) is 50.6 Å². The summed E-state index contributed by atoms with van der Waals surface area (Å²) in [6, 6.07) is 2.15. The number of imidazole rings is 1. The fraction of sp³-hybridized carbons (Fsp3) is 0.562. The maximum atomic E-state index is 5.84. The minimum atomic E-state index is 0.0978. The first-order valence-electron chi connectivity index (χ1n) is 7.22. The van der Waals surface area contributed by atoms with Gasteiger partial charge in [0, 0.05) is 29.9 Å². The van der Waals surface area contributed by atoms with E-state index in [0.29, 0.717) is 0 Å². The molecule has 0 spiro atoms. The summed E-state index contributed by atoms with van der Waals surface area (Å²) in [7, 11) is 0. The Morgan fingerprint density at radius 1 is 1.35 bits per heavy atom. The van der Waals surface area contributed by atoms with Crippen molar-refractivity contribution in [1.82, 2.24) is 14.9 Å². The SMILES string of the molecule is CCc1nccn1Cc1cc(CNC(C)(C)C)oc1C. The van der Waals surface area contributed by atoms with Gasteiger partial charge in [0.25, 0.3) is 0 Å². The molecule has 0 aliphatic carbocycles. The number of furan rings is 1. The van der Waals surface area contributed by atoms with Gasteiger partial charge in [-0.15, -0.1) is 0 Å². The van der Waals surface area contributed by atoms with Crippen LogP contribution in [0.4, 0.5) is 0 Å². The molecule has 0 radical (unpaired) electrons. The summed E-state index contributed by atoms with van der Waals surface area (Å²) in [5.41, 5.74) is 1.32. The molecule has 2 rings (SSSR count). The van der Waals surface area contributed by atoms with Crippen molar-refractivity contribution in [3.05, 3.63) is 41.4 Å². The van der Waals surface area contributed by atoms with E-state index in [1.807, 2.05) is 19.3 Å². The van der Waals surface area contributed by atoms with Gasteiger partial charge in [-0.3, -0.25) is 0 Å². The number of nitrogens with zero attached hydrogens (tertiary/aromatic N) is 2. The van der Waals surface area contributed by atoms with E-state index in [0.717, 1.165) is 36.9 Å². The topological polar surface area (TPSA) is 43.0 Å². The average Bonchev–Trinajstić information content (AvgIpc) is 2.94. The third-order valence-corrected chi connectivity index (χ3v) is 3.32. The lowest BCUT2D eigenvalue weighted by Crippen LogP contribution is -2.34. The zero-order chi connectivity index (χ0) is 14.8. The van der Waals surface area contributed by atoms with E-state index >= 15 is 0 Å². The first-order valence-corrected chi connectivity index (χ1v) is 7.22. The highest BCUT2D eigenvalue weighted by molar-refractivity contribution is 5.22. The van der Waals surface area contributed by atoms with Gasteiger partial charge >= 0.3 is 0 Å². The lowest BCUT2D eigenvalue weighted by atomic mass is 10.1. The Hall–Kier alpha value is -1.55. The maximum Gasteiger partial charge on any atom is 0.118 e. The molecule has 0 saturated heterocycles. The Balaban J connectivity index is 2.08. The highest BCUT2D eigenvalue weighted by Crippen LogP contribution is 2.17. The van der Waals surface area contributed by atoms with Crippen molar-refractivity contribution < 1.29 is 4.42 Å². The smallest absolute Gasteiger partial charge is 0.118 e. The number of hydrogen-bond donors (Lipinski definition) is 1. The third-order valence-electron chi connectivity index (χ3n) is 3.32. The summed E-state index contributed by atoms with van der Waals surface area (Å²) >= 11 is 0. The number of aromatic nitrogens is 2. The zero-order valence-corrected chi connectivity index (χ0v) is 13.2. The van der Waals surface area contributed by atoms with Crippen LogP contribution in [0.3, 0.4) is 0 Å². The fourth-order valence-electron chi connectivity index (χ4n) is 2.17. The lowest BCUT2D eigenvalue weighted by Gasteiger charge is -2.19. The molecule has 0 bridgehead atoms. The first kappa shape index (κ1) is 14.9. The molecule has 2 heterocycles. The molecule has 4 heteroatoms. The van der Waals surface area contributed by atoms with Gasteiger partial charge < -0.3 is 14.3 Å². The van der Waals surface area contributed by atoms with Crippen molar-refractivity contribution in [2.24, 2.45) is 0 Å². The molecule has 4 nitrogen and oxygen atoms in total. The van der Waals surface area contributed by atoms with Gasteiger partial charge in [-0.1, -0.05) is 6.92 Å². The zero-order valence-electron chi connectivity index (χ0n) is 13.2. The molecular formula is C16H25N3O. The first-order chi connectivity index (χ1) is 9.39. The van der Waals surface area contributed by atoms with E-state index in [-0.39, 0.29) is 5.54 Å². The van der Waals surface area contributed by atoms with Crippen molar-refractivity contribution in [2.75, 3.05) is 0 Å². The van der Waals surface area contributed by atoms with Crippen LogP contribution in [0, 0.1) is 6.92 Å². The highest BCUT2D eigenvalue weighted by Gasteiger charge is 2.13. The van der Waals surface area contributed by atoms with E-state index in [9.17, 15) is 0 Å². The monoisotopic (exact) mass is 275 g/mol. The molecule has 110 valence electrons. The molecule has 0 fully saturated rings. The third kappa shape index (κ3) is 3.73. The summed E-state index contributed by atoms with van der Waals surface area (Å²) in [6.07, 6.45) is 4.83. The molecule has 0 aromatic carbocycles. The quantitative estimate of drug-likeness (QED) is 0.910. The predicted octanol–water partition coefficient (Wildman–Crippen LogP) is 3.28. The van der Waals surface area contributed by atoms with Gasteiger partial charge in [0.1, 0.15) is 17.3 Å². The molecule has 0 unspecified atom stereocenters. The maximum absolute atomic E-state index is 5.84. The number of rotatable bonds is 5. The van der Waals surface area contributed by atoms with Gasteiger partial charge in [-0.2, -0.15) is 0 Å². The summed E-state index contributed by atoms with van der Waals surface area (Å²) < 4.78 is 8.02. The molecule has 2 aromatic rings. The molecule has 1 N–H and O–H groups in total. The summed E-state index contributed by atoms with van der Waals surface area (Å²) in [5.74, 6) is 3.09. The van der Waals surface area contributed by atoms with Crippen LogP contribution in [0.2, 0.25) is 0 Å². The normalized spacial score (nSPS) is 12.1. The Bertz CT molecular complexity index is 561. The van der Waals surface area contributed by atoms with Crippen LogP contribution >= 0.6 is 0 Å². The van der Waals surface area contributed by atoms with Crippen molar-refractivity contribution in [1.29, 1.82) is 0 Å². The Kier molecular flexibility index (Phi) is 4.33. The second kappa shape index (κ2) is 5.83. The Labute approximate surface area is 121 Å². The van der Waals surface area contributed by atoms with Gasteiger partial charge in [0.05, 0.1) is 13.1 Å². The number of aryl methyl sites for hydroxylation is 2. The van der Waals surface area contributed by atoms with Crippen LogP contribution in [0.15, 0.2) is 22.9 Å². The van der Waals surface area contributed by atoms with Gasteiger partial charge in [-0.25, -0.2) is 4.98 Å². The molecule has 2 aromatic heterocycles. The largest absolute Gasteiger partial charge is 0.465 e. The van der Waals surface area contributed by atoms with E-state index in [4.69, 9.17) is 4.42 Å². The van der Waals surface area contributed by atoms with Crippen LogP contribution in [-0.4, -0.2) is 15.1 Å². The lowest BCUT2D eigenvalue weighted by molar-refractivity contribution is 0.382. The molecule has 0 aliphatic heterocycles. The minimum Gasteiger partial charge on any atom is -0.465 e. The fourth-order valence-corrected chi connectivity index (χ4v) is 2.17. The van der Waals surface area contributed by atoms with E-state index in [1.54, 1.807) is 0 Å². The summed E-state index contributed by atoms with van der Waals surface area (Å²) in [5, 5.41) is 3.45. The second-order valence-corrected chi connectivity index (χ2v) is 6.22. The second-order valence-electron chi connectivity index (χ2n) is 6.22. The van der Waals surface area contributed by atoms with Crippen LogP contribution in [0.5, 0.6) is 0 Å². The summed E-state index contributed by atoms with van der Waals surface area (Å²) in [4.78, 5) is 4.36. The van der Waals surface area contributed by atoms with E-state index in [2.05, 4.69) is 48.6 Å². The molecule has 20 heavy (non-hydrogen) atoms. The number of nitrogens with one attached hydrogen (secondary N) is 1. The molecule has 0 amide bonds. The van der Waals surface area contributed by atoms with Gasteiger partial charge in [0.2, 0.25) is 0 Å². The van der Waals surface area contributed by atoms with E-state index < -0.39 is 0 Å². The van der Waals surface area contributed by atoms with Crippen molar-refractivity contribution >= 4 is 0 Å². The molecule has 0 atom stereocenters. The van der Waals surface area contributed by atoms with Crippen molar-refractivity contribution in [2.45, 2.75) is 59.7 Å². The van der Waals surface area contributed by atoms with Crippen molar-refractivity contribution in [3.8, 4) is 0 Å². The average molecular weight is 275 g/mol. The van der Waals surface area contributed by atoms with E-state index in [1.165, 1.54) is 5.56 Å². The van der Waals surface area contributed by atoms with Crippen molar-refractivity contribution in [3.63, 3.8) is 0 Å². The minimum absolute atomic E-state index is 0.0978. The highest BCUT2D eigenvalue weighted by atomic mass is 16.3. The molecule has 0 aliphatic rings. The van der Waals surface area contributed by atoms with Gasteiger partial charge in [-0.05, 0) is 33.8 Å².